The van der Waals surface area contributed by atoms with Crippen molar-refractivity contribution in [3.05, 3.63) is 0 Å². The summed E-state index contributed by atoms with van der Waals surface area (Å²) in [5, 5.41) is 66.4. The molecule has 18 heteroatoms. The maximum atomic E-state index is 9.89. The molecule has 0 aliphatic heterocycles. The van der Waals surface area contributed by atoms with E-state index >= 15 is 0 Å². The van der Waals surface area contributed by atoms with Crippen molar-refractivity contribution in [2.75, 3.05) is 0 Å². The van der Waals surface area contributed by atoms with E-state index in [2.05, 4.69) is 0 Å². The summed E-state index contributed by atoms with van der Waals surface area (Å²) in [5.41, 5.74) is 0. The van der Waals surface area contributed by atoms with Gasteiger partial charge in [-0.3, -0.25) is 0 Å². The smallest absolute Gasteiger partial charge is 0.867 e. The zero-order valence-corrected chi connectivity index (χ0v) is 16.4. The van der Waals surface area contributed by atoms with Gasteiger partial charge in [-0.15, -0.1) is 0 Å². The van der Waals surface area contributed by atoms with Gasteiger partial charge in [0.1, 0.15) is 29.6 Å². The fraction of sp³-hybridized carbons (Fsp3) is 0. The molecule has 0 spiro atoms. The summed E-state index contributed by atoms with van der Waals surface area (Å²) < 4.78 is 39.6. The second-order valence-corrected chi connectivity index (χ2v) is 1.10. The third kappa shape index (κ3) is 1600. The van der Waals surface area contributed by atoms with Gasteiger partial charge in [0.2, 0.25) is 0 Å². The summed E-state index contributed by atoms with van der Waals surface area (Å²) in [6.45, 7) is 0. The van der Waals surface area contributed by atoms with Gasteiger partial charge in [0.15, 0.2) is 0 Å². The molecule has 0 aromatic carbocycles. The maximum absolute atomic E-state index is 9.89. The summed E-state index contributed by atoms with van der Waals surface area (Å²) in [6, 6.07) is 0. The molecule has 0 atom stereocenters. The summed E-state index contributed by atoms with van der Waals surface area (Å²) in [4.78, 5) is 0. The van der Waals surface area contributed by atoms with Crippen LogP contribution in [0.4, 0.5) is 17.3 Å². The quantitative estimate of drug-likeness (QED) is 0.174. The first kappa shape index (κ1) is 36.7. The predicted molar refractivity (Wildman–Crippen MR) is 27.4 cm³/mol. The Morgan fingerprint density at radius 1 is 0.389 bits per heavy atom. The number of hydrogen-bond acceptors (Lipinski definition) is 8. The topological polar surface area (TPSA) is 184 Å². The van der Waals surface area contributed by atoms with Gasteiger partial charge in [0.05, 0.1) is 0 Å². The Bertz CT molecular complexity index is 76.1. The van der Waals surface area contributed by atoms with Crippen molar-refractivity contribution in [2.24, 2.45) is 0 Å². The Labute approximate surface area is 148 Å². The molecule has 0 aliphatic rings. The molecule has 0 N–H and O–H groups in total. The number of halogens is 4. The zero-order chi connectivity index (χ0) is 14.3. The van der Waals surface area contributed by atoms with E-state index in [1.54, 1.807) is 0 Å². The second kappa shape index (κ2) is 31.3. The fourth-order valence-corrected chi connectivity index (χ4v) is 0. The largest absolute Gasteiger partial charge is 4.00 e. The molecule has 0 fully saturated rings. The molecule has 0 radical (unpaired) electrons. The van der Waals surface area contributed by atoms with Crippen LogP contribution in [0.1, 0.15) is 0 Å². The van der Waals surface area contributed by atoms with Gasteiger partial charge in [-0.1, -0.05) is 0 Å². The standard InChI is InChI=1S/4BFO2.2U/c4*2-1(3)4;;/q4*-2;2*+4. The summed E-state index contributed by atoms with van der Waals surface area (Å²) >= 11 is 0. The van der Waals surface area contributed by atoms with Crippen LogP contribution >= 0.6 is 0 Å². The number of hydrogen-bond donors (Lipinski definition) is 0. The maximum Gasteiger partial charge on any atom is 4.00 e. The van der Waals surface area contributed by atoms with Gasteiger partial charge < -0.3 is 57.5 Å². The van der Waals surface area contributed by atoms with Gasteiger partial charge in [-0.25, -0.2) is 0 Å². The monoisotopic (exact) mass is 724 g/mol. The van der Waals surface area contributed by atoms with E-state index in [0.29, 0.717) is 0 Å². The van der Waals surface area contributed by atoms with Crippen molar-refractivity contribution >= 4 is 29.6 Å². The molecule has 0 saturated carbocycles. The van der Waals surface area contributed by atoms with E-state index in [4.69, 9.17) is 40.2 Å². The van der Waals surface area contributed by atoms with Crippen LogP contribution in [0, 0.1) is 62.2 Å². The Kier molecular flexibility index (Phi) is 63.8. The molecule has 0 aromatic heterocycles. The average molecular weight is 723 g/mol. The van der Waals surface area contributed by atoms with Crippen LogP contribution in [0.5, 0.6) is 0 Å². The fourth-order valence-electron chi connectivity index (χ4n) is 0. The van der Waals surface area contributed by atoms with Gasteiger partial charge in [0, 0.05) is 0 Å². The van der Waals surface area contributed by atoms with Gasteiger partial charge in [-0.05, 0) is 0 Å². The first-order chi connectivity index (χ1) is 6.93. The molecule has 18 heavy (non-hydrogen) atoms. The molecule has 0 heterocycles. The third-order valence-corrected chi connectivity index (χ3v) is 0. The summed E-state index contributed by atoms with van der Waals surface area (Å²) in [5.74, 6) is 0. The minimum Gasteiger partial charge on any atom is -0.867 e. The van der Waals surface area contributed by atoms with Crippen molar-refractivity contribution in [3.63, 3.8) is 0 Å². The molecule has 0 aromatic rings. The molecule has 0 amide bonds. The molecule has 0 bridgehead atoms. The van der Waals surface area contributed by atoms with E-state index in [-0.39, 0.29) is 62.2 Å². The van der Waals surface area contributed by atoms with Crippen LogP contribution in [0.15, 0.2) is 0 Å². The first-order valence-electron chi connectivity index (χ1n) is 2.76. The molecule has 0 saturated heterocycles. The molecule has 96 valence electrons. The Morgan fingerprint density at radius 2 is 0.389 bits per heavy atom. The van der Waals surface area contributed by atoms with Crippen LogP contribution in [-0.2, 0) is 0 Å². The Morgan fingerprint density at radius 3 is 0.389 bits per heavy atom. The van der Waals surface area contributed by atoms with Crippen molar-refractivity contribution in [2.45, 2.75) is 0 Å². The molecular weight excluding hydrogens is 723 g/mol. The zero-order valence-electron chi connectivity index (χ0n) is 8.09. The molecular formula is B4F4O8U2. The Balaban J connectivity index is -0.0000000257. The molecule has 0 aliphatic carbocycles. The van der Waals surface area contributed by atoms with E-state index in [1.807, 2.05) is 0 Å². The Hall–Kier alpha value is 1.76. The van der Waals surface area contributed by atoms with Gasteiger partial charge in [-0.2, -0.15) is 0 Å². The van der Waals surface area contributed by atoms with Crippen LogP contribution in [0.25, 0.3) is 0 Å². The van der Waals surface area contributed by atoms with E-state index in [1.165, 1.54) is 0 Å². The molecule has 0 rings (SSSR count). The SMILES string of the molecule is [O-]B([O-])F.[O-]B([O-])F.[O-]B([O-])F.[O-]B([O-])F.[U+4].[U+4]. The van der Waals surface area contributed by atoms with Crippen LogP contribution in [0.2, 0.25) is 0 Å². The van der Waals surface area contributed by atoms with Crippen molar-refractivity contribution < 1.29 is 120 Å². The predicted octanol–water partition coefficient (Wildman–Crippen LogP) is -9.35. The van der Waals surface area contributed by atoms with Crippen LogP contribution < -0.4 is 40.2 Å². The summed E-state index contributed by atoms with van der Waals surface area (Å²) in [6.07, 6.45) is 0. The van der Waals surface area contributed by atoms with E-state index in [9.17, 15) is 17.3 Å². The van der Waals surface area contributed by atoms with E-state index in [0.717, 1.165) is 0 Å². The second-order valence-electron chi connectivity index (χ2n) is 1.10. The first-order valence-corrected chi connectivity index (χ1v) is 2.76. The van der Waals surface area contributed by atoms with E-state index < -0.39 is 29.6 Å². The van der Waals surface area contributed by atoms with Crippen LogP contribution in [-0.4, -0.2) is 29.6 Å². The van der Waals surface area contributed by atoms with Crippen molar-refractivity contribution in [1.82, 2.24) is 0 Å². The normalized spacial score (nSPS) is 6.00. The van der Waals surface area contributed by atoms with Gasteiger partial charge >= 0.3 is 62.2 Å². The van der Waals surface area contributed by atoms with Crippen molar-refractivity contribution in [1.29, 1.82) is 0 Å². The summed E-state index contributed by atoms with van der Waals surface area (Å²) in [7, 11) is -12.7. The molecule has 8 nitrogen and oxygen atoms in total. The van der Waals surface area contributed by atoms with Crippen molar-refractivity contribution in [3.8, 4) is 0 Å². The van der Waals surface area contributed by atoms with Gasteiger partial charge in [0.25, 0.3) is 0 Å². The molecule has 0 unspecified atom stereocenters. The minimum atomic E-state index is -3.17. The third-order valence-electron chi connectivity index (χ3n) is 0. The minimum absolute atomic E-state index is 0. The number of rotatable bonds is 0. The van der Waals surface area contributed by atoms with Crippen LogP contribution in [0.3, 0.4) is 0 Å². The average Bonchev–Trinajstić information content (AvgIpc) is 1.76.